The monoisotopic (exact) mass is 482 g/mol. The summed E-state index contributed by atoms with van der Waals surface area (Å²) in [7, 11) is 0. The summed E-state index contributed by atoms with van der Waals surface area (Å²) >= 11 is 18.0. The van der Waals surface area contributed by atoms with Gasteiger partial charge in [-0.2, -0.15) is 0 Å². The Morgan fingerprint density at radius 1 is 1.32 bits per heavy atom. The summed E-state index contributed by atoms with van der Waals surface area (Å²) in [4.78, 5) is 26.3. The smallest absolute Gasteiger partial charge is 0.289 e. The molecule has 2 N–H and O–H groups in total. The lowest BCUT2D eigenvalue weighted by Gasteiger charge is -2.17. The molecular formula is C23H25Cl3N2O3. The summed E-state index contributed by atoms with van der Waals surface area (Å²) in [5.74, 6) is -1.56. The number of benzene rings is 1. The zero-order valence-corrected chi connectivity index (χ0v) is 19.7. The van der Waals surface area contributed by atoms with Gasteiger partial charge >= 0.3 is 0 Å². The molecule has 0 radical (unpaired) electrons. The molecule has 8 heteroatoms. The number of aryl methyl sites for hydroxylation is 1. The van der Waals surface area contributed by atoms with Gasteiger partial charge in [0.1, 0.15) is 0 Å². The normalized spacial score (nSPS) is 15.0. The van der Waals surface area contributed by atoms with Crippen molar-refractivity contribution < 1.29 is 14.7 Å². The average molecular weight is 484 g/mol. The maximum absolute atomic E-state index is 12.5. The van der Waals surface area contributed by atoms with Crippen LogP contribution >= 0.6 is 34.8 Å². The minimum atomic E-state index is -0.583. The molecule has 1 aliphatic rings. The van der Waals surface area contributed by atoms with Crippen LogP contribution in [0.4, 0.5) is 0 Å². The van der Waals surface area contributed by atoms with Gasteiger partial charge in [-0.1, -0.05) is 53.5 Å². The fourth-order valence-electron chi connectivity index (χ4n) is 2.95. The maximum atomic E-state index is 12.5. The topological polar surface area (TPSA) is 69.6 Å². The van der Waals surface area contributed by atoms with Gasteiger partial charge < -0.3 is 15.3 Å². The number of allylic oxidation sites excluding steroid dienone is 3. The lowest BCUT2D eigenvalue weighted by molar-refractivity contribution is -0.127. The third kappa shape index (κ3) is 6.89. The summed E-state index contributed by atoms with van der Waals surface area (Å²) in [6.45, 7) is 8.02. The van der Waals surface area contributed by atoms with Crippen molar-refractivity contribution >= 4 is 46.6 Å². The van der Waals surface area contributed by atoms with E-state index in [9.17, 15) is 14.7 Å². The van der Waals surface area contributed by atoms with Gasteiger partial charge in [0.25, 0.3) is 11.8 Å². The predicted molar refractivity (Wildman–Crippen MR) is 127 cm³/mol. The third-order valence-corrected chi connectivity index (χ3v) is 5.95. The van der Waals surface area contributed by atoms with E-state index in [4.69, 9.17) is 34.8 Å². The van der Waals surface area contributed by atoms with E-state index < -0.39 is 17.6 Å². The molecule has 0 spiro atoms. The number of halogens is 3. The fraction of sp³-hybridized carbons (Fsp3) is 0.304. The van der Waals surface area contributed by atoms with Crippen molar-refractivity contribution in [2.24, 2.45) is 0 Å². The molecule has 0 saturated heterocycles. The second-order valence-electron chi connectivity index (χ2n) is 7.23. The number of rotatable bonds is 9. The number of carbonyl (C=O) groups excluding carboxylic acids is 2. The van der Waals surface area contributed by atoms with Gasteiger partial charge in [0.05, 0.1) is 22.2 Å². The van der Waals surface area contributed by atoms with Crippen LogP contribution in [0.3, 0.4) is 0 Å². The number of aliphatic hydroxyl groups excluding tert-OH is 1. The standard InChI is InChI=1S/C23H25Cl3N2O3/c1-4-15(10-19(25)14(2)3)12-28-13-17(21(29)23(28)31)22(30)27-9-5-6-16-7-8-18(24)20(26)11-16/h4,7-8,10-11,29H,2,5-6,9,12-13H2,1,3H3,(H,27,30)/b15-4+,19-10+. The highest BCUT2D eigenvalue weighted by Crippen LogP contribution is 2.23. The number of hydrogen-bond donors (Lipinski definition) is 2. The van der Waals surface area contributed by atoms with Crippen LogP contribution in [0.2, 0.25) is 10.0 Å². The molecular weight excluding hydrogens is 459 g/mol. The predicted octanol–water partition coefficient (Wildman–Crippen LogP) is 5.34. The largest absolute Gasteiger partial charge is 0.503 e. The molecule has 1 heterocycles. The van der Waals surface area contributed by atoms with Crippen LogP contribution in [0.5, 0.6) is 0 Å². The highest BCUT2D eigenvalue weighted by molar-refractivity contribution is 6.42. The van der Waals surface area contributed by atoms with Gasteiger partial charge in [0, 0.05) is 18.1 Å². The molecule has 1 aliphatic heterocycles. The van der Waals surface area contributed by atoms with E-state index in [0.29, 0.717) is 40.0 Å². The average Bonchev–Trinajstić information content (AvgIpc) is 3.01. The first-order chi connectivity index (χ1) is 14.6. The lowest BCUT2D eigenvalue weighted by Crippen LogP contribution is -2.31. The number of hydrogen-bond acceptors (Lipinski definition) is 3. The maximum Gasteiger partial charge on any atom is 0.289 e. The Morgan fingerprint density at radius 2 is 2.03 bits per heavy atom. The van der Waals surface area contributed by atoms with Gasteiger partial charge in [-0.25, -0.2) is 0 Å². The molecule has 31 heavy (non-hydrogen) atoms. The number of nitrogens with one attached hydrogen (secondary N) is 1. The van der Waals surface area contributed by atoms with E-state index in [2.05, 4.69) is 11.9 Å². The van der Waals surface area contributed by atoms with Crippen LogP contribution in [-0.4, -0.2) is 41.5 Å². The van der Waals surface area contributed by atoms with Crippen LogP contribution in [0.25, 0.3) is 0 Å². The Labute approximate surface area is 197 Å². The summed E-state index contributed by atoms with van der Waals surface area (Å²) in [5.41, 5.74) is 2.55. The first-order valence-electron chi connectivity index (χ1n) is 9.75. The number of aliphatic hydroxyl groups is 1. The van der Waals surface area contributed by atoms with Crippen molar-refractivity contribution in [2.75, 3.05) is 19.6 Å². The second kappa shape index (κ2) is 11.4. The second-order valence-corrected chi connectivity index (χ2v) is 8.45. The van der Waals surface area contributed by atoms with E-state index in [0.717, 1.165) is 11.1 Å². The van der Waals surface area contributed by atoms with Crippen molar-refractivity contribution in [1.29, 1.82) is 0 Å². The Bertz CT molecular complexity index is 980. The molecule has 0 fully saturated rings. The molecule has 166 valence electrons. The Morgan fingerprint density at radius 3 is 2.65 bits per heavy atom. The number of amides is 2. The Balaban J connectivity index is 1.90. The minimum Gasteiger partial charge on any atom is -0.503 e. The molecule has 0 aromatic heterocycles. The van der Waals surface area contributed by atoms with Crippen LogP contribution in [0.1, 0.15) is 25.8 Å². The van der Waals surface area contributed by atoms with Crippen LogP contribution in [-0.2, 0) is 16.0 Å². The molecule has 0 saturated carbocycles. The molecule has 1 aromatic carbocycles. The summed E-state index contributed by atoms with van der Waals surface area (Å²) < 4.78 is 0. The number of carbonyl (C=O) groups is 2. The van der Waals surface area contributed by atoms with Crippen LogP contribution in [0.15, 0.2) is 64.4 Å². The van der Waals surface area contributed by atoms with Gasteiger partial charge in [0.15, 0.2) is 5.76 Å². The molecule has 5 nitrogen and oxygen atoms in total. The SMILES string of the molecule is C=C(C)/C(Cl)=C\C(=C/C)CN1CC(C(=O)NCCCc2ccc(Cl)c(Cl)c2)=C(O)C1=O. The highest BCUT2D eigenvalue weighted by atomic mass is 35.5. The van der Waals surface area contributed by atoms with E-state index in [1.54, 1.807) is 25.1 Å². The van der Waals surface area contributed by atoms with Crippen LogP contribution in [0, 0.1) is 0 Å². The molecule has 0 unspecified atom stereocenters. The van der Waals surface area contributed by atoms with E-state index in [-0.39, 0.29) is 18.7 Å². The quantitative estimate of drug-likeness (QED) is 0.368. The van der Waals surface area contributed by atoms with E-state index >= 15 is 0 Å². The van der Waals surface area contributed by atoms with Crippen molar-refractivity contribution in [3.63, 3.8) is 0 Å². The van der Waals surface area contributed by atoms with Gasteiger partial charge in [-0.15, -0.1) is 0 Å². The fourth-order valence-corrected chi connectivity index (χ4v) is 3.41. The van der Waals surface area contributed by atoms with Crippen molar-refractivity contribution in [2.45, 2.75) is 26.7 Å². The summed E-state index contributed by atoms with van der Waals surface area (Å²) in [6.07, 6.45) is 4.90. The third-order valence-electron chi connectivity index (χ3n) is 4.77. The van der Waals surface area contributed by atoms with Gasteiger partial charge in [-0.05, 0) is 61.6 Å². The zero-order valence-electron chi connectivity index (χ0n) is 17.5. The van der Waals surface area contributed by atoms with Gasteiger partial charge in [-0.3, -0.25) is 9.59 Å². The lowest BCUT2D eigenvalue weighted by atomic mass is 10.1. The molecule has 0 atom stereocenters. The summed E-state index contributed by atoms with van der Waals surface area (Å²) in [5, 5.41) is 14.4. The van der Waals surface area contributed by atoms with Gasteiger partial charge in [0.2, 0.25) is 0 Å². The van der Waals surface area contributed by atoms with Crippen molar-refractivity contribution in [1.82, 2.24) is 10.2 Å². The molecule has 0 bridgehead atoms. The zero-order chi connectivity index (χ0) is 23.1. The Hall–Kier alpha value is -2.21. The first-order valence-corrected chi connectivity index (χ1v) is 10.9. The highest BCUT2D eigenvalue weighted by Gasteiger charge is 2.33. The molecule has 0 aliphatic carbocycles. The molecule has 2 rings (SSSR count). The molecule has 2 amide bonds. The molecule has 1 aromatic rings. The van der Waals surface area contributed by atoms with Crippen molar-refractivity contribution in [3.8, 4) is 0 Å². The first kappa shape index (κ1) is 25.1. The number of nitrogens with zero attached hydrogens (tertiary/aromatic N) is 1. The summed E-state index contributed by atoms with van der Waals surface area (Å²) in [6, 6.07) is 5.41. The Kier molecular flexibility index (Phi) is 9.23. The van der Waals surface area contributed by atoms with E-state index in [1.165, 1.54) is 4.90 Å². The minimum absolute atomic E-state index is 0.0269. The van der Waals surface area contributed by atoms with Crippen LogP contribution < -0.4 is 5.32 Å². The van der Waals surface area contributed by atoms with E-state index in [1.807, 2.05) is 19.1 Å². The van der Waals surface area contributed by atoms with Crippen molar-refractivity contribution in [3.05, 3.63) is 80.0 Å².